The van der Waals surface area contributed by atoms with E-state index in [1.807, 2.05) is 45.0 Å². The molecule has 0 heterocycles. The Morgan fingerprint density at radius 1 is 1.37 bits per heavy atom. The molecule has 0 fully saturated rings. The number of rotatable bonds is 7. The molecular weight excluding hydrogens is 242 g/mol. The fourth-order valence-corrected chi connectivity index (χ4v) is 1.90. The smallest absolute Gasteiger partial charge is 0.323 e. The first-order chi connectivity index (χ1) is 9.12. The molecule has 0 saturated carbocycles. The molecule has 1 N–H and O–H groups in total. The van der Waals surface area contributed by atoms with Gasteiger partial charge in [-0.25, -0.2) is 0 Å². The summed E-state index contributed by atoms with van der Waals surface area (Å²) in [5.74, 6) is 0.620. The van der Waals surface area contributed by atoms with Gasteiger partial charge >= 0.3 is 5.97 Å². The second kappa shape index (κ2) is 7.79. The molecule has 0 radical (unpaired) electrons. The number of carbonyl (C=O) groups excluding carboxylic acids is 1. The molecule has 0 aliphatic rings. The summed E-state index contributed by atoms with van der Waals surface area (Å²) in [6.07, 6.45) is 0.702. The van der Waals surface area contributed by atoms with Gasteiger partial charge in [-0.05, 0) is 38.0 Å². The molecule has 4 nitrogen and oxygen atoms in total. The van der Waals surface area contributed by atoms with Crippen LogP contribution < -0.4 is 10.1 Å². The zero-order valence-corrected chi connectivity index (χ0v) is 12.1. The van der Waals surface area contributed by atoms with E-state index in [4.69, 9.17) is 9.47 Å². The van der Waals surface area contributed by atoms with Crippen molar-refractivity contribution in [3.05, 3.63) is 29.8 Å². The van der Waals surface area contributed by atoms with Crippen LogP contribution >= 0.6 is 0 Å². The third-order valence-corrected chi connectivity index (χ3v) is 3.02. The Labute approximate surface area is 115 Å². The van der Waals surface area contributed by atoms with Crippen LogP contribution in [0.4, 0.5) is 0 Å². The summed E-state index contributed by atoms with van der Waals surface area (Å²) in [5, 5.41) is 3.29. The van der Waals surface area contributed by atoms with Gasteiger partial charge in [-0.1, -0.05) is 19.1 Å². The minimum atomic E-state index is -0.277. The summed E-state index contributed by atoms with van der Waals surface area (Å²) in [6.45, 7) is 6.21. The van der Waals surface area contributed by atoms with E-state index in [1.165, 1.54) is 0 Å². The average Bonchev–Trinajstić information content (AvgIpc) is 2.44. The standard InChI is InChI=1S/C15H23NO3/c1-5-14(15(17)19-6-2)16-11(3)12-8-7-9-13(10-12)18-4/h7-11,14,16H,5-6H2,1-4H3/t11-,14?/m1/s1. The van der Waals surface area contributed by atoms with Gasteiger partial charge < -0.3 is 9.47 Å². The fourth-order valence-electron chi connectivity index (χ4n) is 1.90. The van der Waals surface area contributed by atoms with Gasteiger partial charge in [0.2, 0.25) is 0 Å². The molecule has 1 unspecified atom stereocenters. The fraction of sp³-hybridized carbons (Fsp3) is 0.533. The number of benzene rings is 1. The maximum Gasteiger partial charge on any atom is 0.323 e. The number of methoxy groups -OCH3 is 1. The van der Waals surface area contributed by atoms with Crippen molar-refractivity contribution in [1.82, 2.24) is 5.32 Å². The van der Waals surface area contributed by atoms with E-state index in [0.717, 1.165) is 11.3 Å². The van der Waals surface area contributed by atoms with E-state index in [9.17, 15) is 4.79 Å². The summed E-state index contributed by atoms with van der Waals surface area (Å²) >= 11 is 0. The first-order valence-corrected chi connectivity index (χ1v) is 6.69. The summed E-state index contributed by atoms with van der Waals surface area (Å²) in [7, 11) is 1.64. The van der Waals surface area contributed by atoms with Crippen molar-refractivity contribution >= 4 is 5.97 Å². The van der Waals surface area contributed by atoms with Gasteiger partial charge in [-0.2, -0.15) is 0 Å². The highest BCUT2D eigenvalue weighted by Gasteiger charge is 2.20. The molecule has 1 aromatic carbocycles. The van der Waals surface area contributed by atoms with Crippen molar-refractivity contribution in [3.63, 3.8) is 0 Å². The van der Waals surface area contributed by atoms with Crippen LogP contribution in [-0.4, -0.2) is 25.7 Å². The number of nitrogens with one attached hydrogen (secondary N) is 1. The van der Waals surface area contributed by atoms with Gasteiger partial charge in [-0.3, -0.25) is 10.1 Å². The molecule has 1 aromatic rings. The van der Waals surface area contributed by atoms with E-state index >= 15 is 0 Å². The van der Waals surface area contributed by atoms with Crippen LogP contribution in [0.3, 0.4) is 0 Å². The first kappa shape index (κ1) is 15.5. The lowest BCUT2D eigenvalue weighted by Gasteiger charge is -2.21. The van der Waals surface area contributed by atoms with Gasteiger partial charge in [0.25, 0.3) is 0 Å². The second-order valence-electron chi connectivity index (χ2n) is 4.38. The number of carbonyl (C=O) groups is 1. The highest BCUT2D eigenvalue weighted by atomic mass is 16.5. The largest absolute Gasteiger partial charge is 0.497 e. The monoisotopic (exact) mass is 265 g/mol. The van der Waals surface area contributed by atoms with Gasteiger partial charge in [0, 0.05) is 6.04 Å². The van der Waals surface area contributed by atoms with E-state index < -0.39 is 0 Å². The normalized spacial score (nSPS) is 13.7. The maximum atomic E-state index is 11.8. The van der Waals surface area contributed by atoms with E-state index in [0.29, 0.717) is 13.0 Å². The Kier molecular flexibility index (Phi) is 6.36. The van der Waals surface area contributed by atoms with Crippen molar-refractivity contribution in [2.24, 2.45) is 0 Å². The minimum absolute atomic E-state index is 0.0597. The summed E-state index contributed by atoms with van der Waals surface area (Å²) in [4.78, 5) is 11.8. The molecular formula is C15H23NO3. The molecule has 0 saturated heterocycles. The van der Waals surface area contributed by atoms with Crippen LogP contribution in [0.2, 0.25) is 0 Å². The molecule has 0 aliphatic carbocycles. The van der Waals surface area contributed by atoms with Crippen molar-refractivity contribution in [3.8, 4) is 5.75 Å². The molecule has 4 heteroatoms. The molecule has 0 amide bonds. The number of hydrogen-bond acceptors (Lipinski definition) is 4. The van der Waals surface area contributed by atoms with Crippen LogP contribution in [0, 0.1) is 0 Å². The molecule has 0 spiro atoms. The first-order valence-electron chi connectivity index (χ1n) is 6.69. The summed E-state index contributed by atoms with van der Waals surface area (Å²) in [5.41, 5.74) is 1.09. The Morgan fingerprint density at radius 3 is 2.68 bits per heavy atom. The Balaban J connectivity index is 2.70. The zero-order chi connectivity index (χ0) is 14.3. The minimum Gasteiger partial charge on any atom is -0.497 e. The maximum absolute atomic E-state index is 11.8. The molecule has 1 rings (SSSR count). The predicted molar refractivity (Wildman–Crippen MR) is 75.3 cm³/mol. The zero-order valence-electron chi connectivity index (χ0n) is 12.1. The van der Waals surface area contributed by atoms with Gasteiger partial charge in [-0.15, -0.1) is 0 Å². The highest BCUT2D eigenvalue weighted by molar-refractivity contribution is 5.75. The molecule has 19 heavy (non-hydrogen) atoms. The molecule has 2 atom stereocenters. The molecule has 0 aromatic heterocycles. The number of esters is 1. The number of ether oxygens (including phenoxy) is 2. The van der Waals surface area contributed by atoms with Crippen LogP contribution in [0.5, 0.6) is 5.75 Å². The van der Waals surface area contributed by atoms with Crippen LogP contribution in [-0.2, 0) is 9.53 Å². The topological polar surface area (TPSA) is 47.6 Å². The highest BCUT2D eigenvalue weighted by Crippen LogP contribution is 2.19. The molecule has 0 aliphatic heterocycles. The van der Waals surface area contributed by atoms with Gasteiger partial charge in [0.1, 0.15) is 11.8 Å². The van der Waals surface area contributed by atoms with Crippen LogP contribution in [0.1, 0.15) is 38.8 Å². The average molecular weight is 265 g/mol. The Bertz CT molecular complexity index is 406. The van der Waals surface area contributed by atoms with Gasteiger partial charge in [0.15, 0.2) is 0 Å². The van der Waals surface area contributed by atoms with E-state index in [-0.39, 0.29) is 18.1 Å². The van der Waals surface area contributed by atoms with Gasteiger partial charge in [0.05, 0.1) is 13.7 Å². The lowest BCUT2D eigenvalue weighted by molar-refractivity contribution is -0.145. The van der Waals surface area contributed by atoms with Crippen LogP contribution in [0.25, 0.3) is 0 Å². The molecule has 106 valence electrons. The van der Waals surface area contributed by atoms with Crippen molar-refractivity contribution < 1.29 is 14.3 Å². The summed E-state index contributed by atoms with van der Waals surface area (Å²) < 4.78 is 10.3. The predicted octanol–water partition coefficient (Wildman–Crippen LogP) is 2.69. The van der Waals surface area contributed by atoms with Crippen molar-refractivity contribution in [2.75, 3.05) is 13.7 Å². The van der Waals surface area contributed by atoms with Crippen molar-refractivity contribution in [1.29, 1.82) is 0 Å². The van der Waals surface area contributed by atoms with Crippen molar-refractivity contribution in [2.45, 2.75) is 39.3 Å². The Hall–Kier alpha value is -1.55. The molecule has 0 bridgehead atoms. The quantitative estimate of drug-likeness (QED) is 0.770. The third kappa shape index (κ3) is 4.56. The third-order valence-electron chi connectivity index (χ3n) is 3.02. The second-order valence-corrected chi connectivity index (χ2v) is 4.38. The SMILES string of the molecule is CCOC(=O)C(CC)N[C@H](C)c1cccc(OC)c1. The lowest BCUT2D eigenvalue weighted by Crippen LogP contribution is -2.39. The van der Waals surface area contributed by atoms with E-state index in [2.05, 4.69) is 5.32 Å². The van der Waals surface area contributed by atoms with E-state index in [1.54, 1.807) is 7.11 Å². The van der Waals surface area contributed by atoms with Crippen LogP contribution in [0.15, 0.2) is 24.3 Å². The number of hydrogen-bond donors (Lipinski definition) is 1. The summed E-state index contributed by atoms with van der Waals surface area (Å²) in [6, 6.07) is 7.61. The lowest BCUT2D eigenvalue weighted by atomic mass is 10.1. The Morgan fingerprint density at radius 2 is 2.11 bits per heavy atom.